The Balaban J connectivity index is 2.13. The van der Waals surface area contributed by atoms with Gasteiger partial charge in [0.15, 0.2) is 0 Å². The van der Waals surface area contributed by atoms with E-state index in [1.165, 1.54) is 24.1 Å². The van der Waals surface area contributed by atoms with Gasteiger partial charge in [-0.1, -0.05) is 0 Å². The number of aryl methyl sites for hydroxylation is 2. The van der Waals surface area contributed by atoms with Gasteiger partial charge in [-0.25, -0.2) is 9.37 Å². The summed E-state index contributed by atoms with van der Waals surface area (Å²) in [6, 6.07) is 4.46. The molecule has 2 aromatic rings. The first-order valence-corrected chi connectivity index (χ1v) is 6.42. The van der Waals surface area contributed by atoms with Crippen LogP contribution in [0.2, 0.25) is 0 Å². The number of rotatable bonds is 4. The van der Waals surface area contributed by atoms with Gasteiger partial charge in [0.05, 0.1) is 30.0 Å². The van der Waals surface area contributed by atoms with Crippen molar-refractivity contribution in [3.8, 4) is 5.75 Å². The van der Waals surface area contributed by atoms with Crippen LogP contribution in [0.1, 0.15) is 15.6 Å². The van der Waals surface area contributed by atoms with E-state index >= 15 is 0 Å². The normalized spacial score (nSPS) is 10.4. The van der Waals surface area contributed by atoms with E-state index in [2.05, 4.69) is 10.3 Å². The molecule has 0 spiro atoms. The number of aromatic nitrogens is 1. The van der Waals surface area contributed by atoms with Gasteiger partial charge < -0.3 is 10.1 Å². The molecule has 0 radical (unpaired) electrons. The summed E-state index contributed by atoms with van der Waals surface area (Å²) < 4.78 is 18.2. The number of benzene rings is 1. The largest absolute Gasteiger partial charge is 0.494 e. The van der Waals surface area contributed by atoms with Gasteiger partial charge in [0.25, 0.3) is 0 Å². The Kier molecular flexibility index (Phi) is 3.81. The Bertz CT molecular complexity index is 554. The first-order chi connectivity index (χ1) is 8.60. The summed E-state index contributed by atoms with van der Waals surface area (Å²) in [4.78, 5) is 5.55. The Morgan fingerprint density at radius 1 is 1.39 bits per heavy atom. The molecule has 18 heavy (non-hydrogen) atoms. The summed E-state index contributed by atoms with van der Waals surface area (Å²) >= 11 is 1.66. The number of halogens is 1. The molecule has 0 atom stereocenters. The van der Waals surface area contributed by atoms with Gasteiger partial charge in [-0.15, -0.1) is 11.3 Å². The van der Waals surface area contributed by atoms with Gasteiger partial charge in [0.1, 0.15) is 11.6 Å². The molecule has 1 aromatic heterocycles. The third kappa shape index (κ3) is 2.79. The van der Waals surface area contributed by atoms with Crippen molar-refractivity contribution in [3.63, 3.8) is 0 Å². The fourth-order valence-corrected chi connectivity index (χ4v) is 2.60. The van der Waals surface area contributed by atoms with E-state index in [0.717, 1.165) is 16.4 Å². The zero-order chi connectivity index (χ0) is 13.1. The van der Waals surface area contributed by atoms with Gasteiger partial charge in [0, 0.05) is 10.9 Å². The summed E-state index contributed by atoms with van der Waals surface area (Å²) in [5, 5.41) is 4.29. The third-order valence-corrected chi connectivity index (χ3v) is 3.68. The van der Waals surface area contributed by atoms with E-state index < -0.39 is 0 Å². The maximum atomic E-state index is 13.0. The number of anilines is 1. The Labute approximate surface area is 110 Å². The van der Waals surface area contributed by atoms with Crippen LogP contribution < -0.4 is 10.1 Å². The smallest absolute Gasteiger partial charge is 0.144 e. The van der Waals surface area contributed by atoms with E-state index in [0.29, 0.717) is 12.3 Å². The van der Waals surface area contributed by atoms with Crippen molar-refractivity contribution in [1.29, 1.82) is 0 Å². The highest BCUT2D eigenvalue weighted by Gasteiger charge is 2.07. The van der Waals surface area contributed by atoms with Crippen LogP contribution >= 0.6 is 11.3 Å². The molecule has 1 heterocycles. The van der Waals surface area contributed by atoms with Crippen LogP contribution in [0, 0.1) is 19.7 Å². The van der Waals surface area contributed by atoms with Crippen molar-refractivity contribution in [2.24, 2.45) is 0 Å². The monoisotopic (exact) mass is 266 g/mol. The minimum Gasteiger partial charge on any atom is -0.494 e. The second-order valence-corrected chi connectivity index (χ2v) is 5.23. The summed E-state index contributed by atoms with van der Waals surface area (Å²) in [6.07, 6.45) is 0. The first kappa shape index (κ1) is 12.8. The summed E-state index contributed by atoms with van der Waals surface area (Å²) in [6.45, 7) is 4.64. The molecule has 1 N–H and O–H groups in total. The lowest BCUT2D eigenvalue weighted by atomic mass is 10.2. The Morgan fingerprint density at radius 2 is 2.17 bits per heavy atom. The lowest BCUT2D eigenvalue weighted by Crippen LogP contribution is -2.01. The predicted octanol–water partition coefficient (Wildman–Crippen LogP) is 3.52. The molecule has 0 saturated heterocycles. The molecule has 0 amide bonds. The highest BCUT2D eigenvalue weighted by molar-refractivity contribution is 7.11. The molecule has 0 unspecified atom stereocenters. The minimum absolute atomic E-state index is 0.304. The van der Waals surface area contributed by atoms with Crippen LogP contribution in [0.4, 0.5) is 10.1 Å². The minimum atomic E-state index is -0.304. The standard InChI is InChI=1S/C13H15FN2OS/c1-8-13(18-9(2)16-8)7-15-11-5-4-10(14)6-12(11)17-3/h4-6,15H,7H2,1-3H3. The SMILES string of the molecule is COc1cc(F)ccc1NCc1sc(C)nc1C. The lowest BCUT2D eigenvalue weighted by molar-refractivity contribution is 0.413. The zero-order valence-electron chi connectivity index (χ0n) is 10.6. The maximum absolute atomic E-state index is 13.0. The summed E-state index contributed by atoms with van der Waals surface area (Å²) in [5.74, 6) is 0.205. The molecule has 96 valence electrons. The van der Waals surface area contributed by atoms with Crippen LogP contribution in [-0.2, 0) is 6.54 Å². The molecule has 1 aromatic carbocycles. The molecule has 0 saturated carbocycles. The quantitative estimate of drug-likeness (QED) is 0.919. The number of ether oxygens (including phenoxy) is 1. The number of methoxy groups -OCH3 is 1. The van der Waals surface area contributed by atoms with Crippen molar-refractivity contribution >= 4 is 17.0 Å². The van der Waals surface area contributed by atoms with Gasteiger partial charge in [-0.3, -0.25) is 0 Å². The molecular weight excluding hydrogens is 251 g/mol. The Morgan fingerprint density at radius 3 is 2.78 bits per heavy atom. The van der Waals surface area contributed by atoms with E-state index in [9.17, 15) is 4.39 Å². The number of hydrogen-bond acceptors (Lipinski definition) is 4. The molecular formula is C13H15FN2OS. The van der Waals surface area contributed by atoms with E-state index in [1.54, 1.807) is 17.4 Å². The van der Waals surface area contributed by atoms with Crippen LogP contribution in [0.3, 0.4) is 0 Å². The number of nitrogens with zero attached hydrogens (tertiary/aromatic N) is 1. The van der Waals surface area contributed by atoms with Crippen molar-refractivity contribution in [1.82, 2.24) is 4.98 Å². The highest BCUT2D eigenvalue weighted by atomic mass is 32.1. The van der Waals surface area contributed by atoms with Crippen LogP contribution in [0.25, 0.3) is 0 Å². The van der Waals surface area contributed by atoms with Crippen LogP contribution in [0.5, 0.6) is 5.75 Å². The van der Waals surface area contributed by atoms with Crippen molar-refractivity contribution in [2.45, 2.75) is 20.4 Å². The molecule has 3 nitrogen and oxygen atoms in total. The second-order valence-electron chi connectivity index (χ2n) is 3.94. The summed E-state index contributed by atoms with van der Waals surface area (Å²) in [5.41, 5.74) is 1.82. The maximum Gasteiger partial charge on any atom is 0.144 e. The first-order valence-electron chi connectivity index (χ1n) is 5.60. The Hall–Kier alpha value is -1.62. The zero-order valence-corrected chi connectivity index (χ0v) is 11.4. The molecule has 2 rings (SSSR count). The molecule has 0 aliphatic heterocycles. The number of thiazole rings is 1. The average molecular weight is 266 g/mol. The fourth-order valence-electron chi connectivity index (χ4n) is 1.72. The lowest BCUT2D eigenvalue weighted by Gasteiger charge is -2.10. The van der Waals surface area contributed by atoms with Crippen LogP contribution in [-0.4, -0.2) is 12.1 Å². The second kappa shape index (κ2) is 5.35. The molecule has 0 fully saturated rings. The highest BCUT2D eigenvalue weighted by Crippen LogP contribution is 2.26. The number of nitrogens with one attached hydrogen (secondary N) is 1. The molecule has 0 aliphatic rings. The fraction of sp³-hybridized carbons (Fsp3) is 0.308. The number of hydrogen-bond donors (Lipinski definition) is 1. The molecule has 0 bridgehead atoms. The van der Waals surface area contributed by atoms with Gasteiger partial charge in [0.2, 0.25) is 0 Å². The predicted molar refractivity (Wildman–Crippen MR) is 71.9 cm³/mol. The third-order valence-electron chi connectivity index (χ3n) is 2.60. The molecule has 0 aliphatic carbocycles. The van der Waals surface area contributed by atoms with Gasteiger partial charge in [-0.2, -0.15) is 0 Å². The topological polar surface area (TPSA) is 34.1 Å². The summed E-state index contributed by atoms with van der Waals surface area (Å²) in [7, 11) is 1.53. The van der Waals surface area contributed by atoms with Crippen LogP contribution in [0.15, 0.2) is 18.2 Å². The van der Waals surface area contributed by atoms with Crippen molar-refractivity contribution < 1.29 is 9.13 Å². The van der Waals surface area contributed by atoms with Gasteiger partial charge >= 0.3 is 0 Å². The van der Waals surface area contributed by atoms with E-state index in [1.807, 2.05) is 13.8 Å². The average Bonchev–Trinajstić information content (AvgIpc) is 2.66. The van der Waals surface area contributed by atoms with Crippen molar-refractivity contribution in [2.75, 3.05) is 12.4 Å². The molecule has 5 heteroatoms. The van der Waals surface area contributed by atoms with Crippen molar-refractivity contribution in [3.05, 3.63) is 39.6 Å². The van der Waals surface area contributed by atoms with Gasteiger partial charge in [-0.05, 0) is 26.0 Å². The van der Waals surface area contributed by atoms with E-state index in [4.69, 9.17) is 4.74 Å². The van der Waals surface area contributed by atoms with E-state index in [-0.39, 0.29) is 5.82 Å².